The van der Waals surface area contributed by atoms with Gasteiger partial charge < -0.3 is 10.3 Å². The third-order valence-electron chi connectivity index (χ3n) is 3.24. The molecule has 1 heterocycles. The van der Waals surface area contributed by atoms with Crippen LogP contribution in [0.4, 0.5) is 4.39 Å². The largest absolute Gasteiger partial charge is 0.341 e. The number of imidazole rings is 1. The predicted molar refractivity (Wildman–Crippen MR) is 63.4 cm³/mol. The molecule has 1 amide bonds. The number of carbonyl (C=O) groups excluding carboxylic acids is 1. The Morgan fingerprint density at radius 3 is 2.61 bits per heavy atom. The Balaban J connectivity index is 1.80. The molecule has 2 aromatic rings. The van der Waals surface area contributed by atoms with Gasteiger partial charge in [0.2, 0.25) is 0 Å². The average molecular weight is 245 g/mol. The van der Waals surface area contributed by atoms with E-state index < -0.39 is 0 Å². The van der Waals surface area contributed by atoms with Crippen LogP contribution in [-0.4, -0.2) is 15.9 Å². The first-order valence-corrected chi connectivity index (χ1v) is 5.77. The summed E-state index contributed by atoms with van der Waals surface area (Å²) in [5.74, 6) is -0.455. The van der Waals surface area contributed by atoms with E-state index in [1.807, 2.05) is 0 Å². The lowest BCUT2D eigenvalue weighted by atomic mass is 10.0. The zero-order valence-corrected chi connectivity index (χ0v) is 9.61. The quantitative estimate of drug-likeness (QED) is 0.868. The van der Waals surface area contributed by atoms with Crippen molar-refractivity contribution in [2.45, 2.75) is 18.4 Å². The number of rotatable bonds is 3. The highest BCUT2D eigenvalue weighted by atomic mass is 19.1. The topological polar surface area (TPSA) is 57.8 Å². The summed E-state index contributed by atoms with van der Waals surface area (Å²) in [5.41, 5.74) is 1.04. The molecule has 1 aromatic carbocycles. The smallest absolute Gasteiger partial charge is 0.270 e. The van der Waals surface area contributed by atoms with E-state index in [1.54, 1.807) is 12.1 Å². The monoisotopic (exact) mass is 245 g/mol. The summed E-state index contributed by atoms with van der Waals surface area (Å²) < 4.78 is 12.9. The van der Waals surface area contributed by atoms with Gasteiger partial charge in [-0.3, -0.25) is 4.79 Å². The number of hydrogen-bond donors (Lipinski definition) is 2. The Labute approximate surface area is 103 Å². The lowest BCUT2D eigenvalue weighted by Gasteiger charge is -2.17. The molecule has 2 N–H and O–H groups in total. The fourth-order valence-electron chi connectivity index (χ4n) is 2.04. The van der Waals surface area contributed by atoms with Crippen molar-refractivity contribution < 1.29 is 9.18 Å². The molecular formula is C13H12FN3O. The van der Waals surface area contributed by atoms with Crippen LogP contribution in [0.15, 0.2) is 36.8 Å². The number of amides is 1. The van der Waals surface area contributed by atoms with Gasteiger partial charge in [-0.1, -0.05) is 12.1 Å². The van der Waals surface area contributed by atoms with Gasteiger partial charge in [0.25, 0.3) is 5.91 Å². The second-order valence-electron chi connectivity index (χ2n) is 4.51. The van der Waals surface area contributed by atoms with E-state index in [9.17, 15) is 9.18 Å². The van der Waals surface area contributed by atoms with E-state index in [0.29, 0.717) is 5.69 Å². The molecule has 1 aromatic heterocycles. The standard InChI is InChI=1S/C13H12FN3O/c14-10-3-1-9(2-4-10)13(5-6-13)17-12(18)11-7-15-8-16-11/h1-4,7-8H,5-6H2,(H,15,16)(H,17,18). The Kier molecular flexibility index (Phi) is 2.40. The first-order chi connectivity index (χ1) is 8.70. The van der Waals surface area contributed by atoms with E-state index in [1.165, 1.54) is 24.7 Å². The molecule has 18 heavy (non-hydrogen) atoms. The minimum atomic E-state index is -0.337. The van der Waals surface area contributed by atoms with Gasteiger partial charge in [0.15, 0.2) is 0 Å². The van der Waals surface area contributed by atoms with Crippen LogP contribution in [0, 0.1) is 5.82 Å². The number of hydrogen-bond acceptors (Lipinski definition) is 2. The third kappa shape index (κ3) is 1.88. The second-order valence-corrected chi connectivity index (χ2v) is 4.51. The molecule has 0 bridgehead atoms. The molecule has 3 rings (SSSR count). The van der Waals surface area contributed by atoms with Crippen LogP contribution >= 0.6 is 0 Å². The van der Waals surface area contributed by atoms with E-state index in [0.717, 1.165) is 18.4 Å². The van der Waals surface area contributed by atoms with Crippen molar-refractivity contribution in [3.63, 3.8) is 0 Å². The van der Waals surface area contributed by atoms with Crippen molar-refractivity contribution in [1.82, 2.24) is 15.3 Å². The molecule has 0 aliphatic heterocycles. The molecule has 1 saturated carbocycles. The van der Waals surface area contributed by atoms with Crippen LogP contribution in [0.3, 0.4) is 0 Å². The van der Waals surface area contributed by atoms with Gasteiger partial charge >= 0.3 is 0 Å². The summed E-state index contributed by atoms with van der Waals surface area (Å²) in [6.07, 6.45) is 4.69. The highest BCUT2D eigenvalue weighted by Crippen LogP contribution is 2.45. The van der Waals surface area contributed by atoms with Crippen LogP contribution in [0.25, 0.3) is 0 Å². The maximum Gasteiger partial charge on any atom is 0.270 e. The first kappa shape index (κ1) is 11.0. The van der Waals surface area contributed by atoms with E-state index >= 15 is 0 Å². The van der Waals surface area contributed by atoms with Crippen molar-refractivity contribution in [3.05, 3.63) is 53.9 Å². The van der Waals surface area contributed by atoms with Crippen molar-refractivity contribution in [2.75, 3.05) is 0 Å². The molecule has 0 radical (unpaired) electrons. The van der Waals surface area contributed by atoms with E-state index in [2.05, 4.69) is 15.3 Å². The first-order valence-electron chi connectivity index (χ1n) is 5.77. The molecule has 0 spiro atoms. The maximum atomic E-state index is 12.9. The van der Waals surface area contributed by atoms with Gasteiger partial charge in [0.1, 0.15) is 11.5 Å². The van der Waals surface area contributed by atoms with Gasteiger partial charge in [0.05, 0.1) is 18.1 Å². The molecule has 5 heteroatoms. The summed E-state index contributed by atoms with van der Waals surface area (Å²) >= 11 is 0. The number of H-pyrrole nitrogens is 1. The van der Waals surface area contributed by atoms with Gasteiger partial charge in [-0.25, -0.2) is 9.37 Å². The molecule has 4 nitrogen and oxygen atoms in total. The molecule has 0 atom stereocenters. The highest BCUT2D eigenvalue weighted by molar-refractivity contribution is 5.92. The summed E-state index contributed by atoms with van der Waals surface area (Å²) in [5, 5.41) is 2.97. The van der Waals surface area contributed by atoms with Gasteiger partial charge in [-0.15, -0.1) is 0 Å². The van der Waals surface area contributed by atoms with Crippen LogP contribution in [0.5, 0.6) is 0 Å². The van der Waals surface area contributed by atoms with E-state index in [4.69, 9.17) is 0 Å². The molecule has 92 valence electrons. The van der Waals surface area contributed by atoms with Crippen molar-refractivity contribution >= 4 is 5.91 Å². The fourth-order valence-corrected chi connectivity index (χ4v) is 2.04. The number of aromatic nitrogens is 2. The Morgan fingerprint density at radius 2 is 2.06 bits per heavy atom. The Morgan fingerprint density at radius 1 is 1.33 bits per heavy atom. The minimum Gasteiger partial charge on any atom is -0.341 e. The Hall–Kier alpha value is -2.17. The third-order valence-corrected chi connectivity index (χ3v) is 3.24. The number of carbonyl (C=O) groups is 1. The van der Waals surface area contributed by atoms with E-state index in [-0.39, 0.29) is 17.3 Å². The second kappa shape index (κ2) is 3.94. The molecule has 1 aliphatic rings. The Bertz CT molecular complexity index is 558. The van der Waals surface area contributed by atoms with Gasteiger partial charge in [0, 0.05) is 0 Å². The molecular weight excluding hydrogens is 233 g/mol. The van der Waals surface area contributed by atoms with Crippen LogP contribution < -0.4 is 5.32 Å². The van der Waals surface area contributed by atoms with Crippen molar-refractivity contribution in [3.8, 4) is 0 Å². The number of nitrogens with zero attached hydrogens (tertiary/aromatic N) is 1. The van der Waals surface area contributed by atoms with Crippen molar-refractivity contribution in [2.24, 2.45) is 0 Å². The summed E-state index contributed by atoms with van der Waals surface area (Å²) in [6, 6.07) is 6.26. The SMILES string of the molecule is O=C(NC1(c2ccc(F)cc2)CC1)c1cnc[nH]1. The molecule has 0 unspecified atom stereocenters. The lowest BCUT2D eigenvalue weighted by molar-refractivity contribution is 0.0926. The van der Waals surface area contributed by atoms with Crippen LogP contribution in [-0.2, 0) is 5.54 Å². The molecule has 0 saturated heterocycles. The highest BCUT2D eigenvalue weighted by Gasteiger charge is 2.45. The summed E-state index contributed by atoms with van der Waals surface area (Å²) in [4.78, 5) is 18.5. The van der Waals surface area contributed by atoms with Gasteiger partial charge in [-0.05, 0) is 30.5 Å². The average Bonchev–Trinajstić information content (AvgIpc) is 2.94. The number of nitrogens with one attached hydrogen (secondary N) is 2. The number of halogens is 1. The number of aromatic amines is 1. The maximum absolute atomic E-state index is 12.9. The van der Waals surface area contributed by atoms with Crippen molar-refractivity contribution in [1.29, 1.82) is 0 Å². The normalized spacial score (nSPS) is 16.3. The lowest BCUT2D eigenvalue weighted by Crippen LogP contribution is -2.35. The summed E-state index contributed by atoms with van der Waals surface area (Å²) in [7, 11) is 0. The fraction of sp³-hybridized carbons (Fsp3) is 0.231. The van der Waals surface area contributed by atoms with Crippen LogP contribution in [0.1, 0.15) is 28.9 Å². The van der Waals surface area contributed by atoms with Gasteiger partial charge in [-0.2, -0.15) is 0 Å². The molecule has 1 fully saturated rings. The number of benzene rings is 1. The zero-order chi connectivity index (χ0) is 12.6. The molecule has 1 aliphatic carbocycles. The summed E-state index contributed by atoms with van der Waals surface area (Å²) in [6.45, 7) is 0. The zero-order valence-electron chi connectivity index (χ0n) is 9.61. The van der Waals surface area contributed by atoms with Crippen LogP contribution in [0.2, 0.25) is 0 Å². The predicted octanol–water partition coefficient (Wildman–Crippen LogP) is 1.97. The minimum absolute atomic E-state index is 0.186.